The molecule has 2 aromatic carbocycles. The molecule has 1 aliphatic carbocycles. The Morgan fingerprint density at radius 1 is 0.968 bits per heavy atom. The Bertz CT molecular complexity index is 1430. The number of hydrogen-bond donors (Lipinski definition) is 2. The zero-order valence-electron chi connectivity index (χ0n) is 16.6. The predicted molar refractivity (Wildman–Crippen MR) is 125 cm³/mol. The maximum atomic E-state index is 8.66. The fraction of sp³-hybridized carbons (Fsp3) is 0.0417. The lowest BCUT2D eigenvalue weighted by atomic mass is 10.1. The molecule has 0 saturated carbocycles. The van der Waals surface area contributed by atoms with Crippen LogP contribution in [0.25, 0.3) is 28.1 Å². The Balaban J connectivity index is 1.74. The van der Waals surface area contributed by atoms with Crippen molar-refractivity contribution in [2.75, 3.05) is 12.4 Å². The Labute approximate surface area is 187 Å². The van der Waals surface area contributed by atoms with Gasteiger partial charge in [-0.05, 0) is 60.7 Å². The predicted octanol–water partition coefficient (Wildman–Crippen LogP) is 5.52. The van der Waals surface area contributed by atoms with Gasteiger partial charge in [0.05, 0.1) is 40.6 Å². The van der Waals surface area contributed by atoms with Crippen LogP contribution in [0, 0.1) is 5.41 Å². The molecule has 0 amide bonds. The number of nitrogens with one attached hydrogen (secondary N) is 2. The van der Waals surface area contributed by atoms with Gasteiger partial charge in [-0.1, -0.05) is 28.1 Å². The van der Waals surface area contributed by atoms with Crippen molar-refractivity contribution in [2.24, 2.45) is 0 Å². The third-order valence-corrected chi connectivity index (χ3v) is 5.57. The van der Waals surface area contributed by atoms with Crippen LogP contribution in [0.4, 0.5) is 11.4 Å². The van der Waals surface area contributed by atoms with E-state index in [0.29, 0.717) is 22.6 Å². The lowest BCUT2D eigenvalue weighted by Crippen LogP contribution is -2.14. The molecule has 31 heavy (non-hydrogen) atoms. The monoisotopic (exact) mass is 471 g/mol. The van der Waals surface area contributed by atoms with Crippen molar-refractivity contribution >= 4 is 38.3 Å². The summed E-state index contributed by atoms with van der Waals surface area (Å²) < 4.78 is 8.48. The molecule has 0 atom stereocenters. The van der Waals surface area contributed by atoms with Crippen molar-refractivity contribution < 1.29 is 4.74 Å². The van der Waals surface area contributed by atoms with E-state index in [9.17, 15) is 0 Å². The Morgan fingerprint density at radius 2 is 1.77 bits per heavy atom. The molecule has 1 aliphatic heterocycles. The van der Waals surface area contributed by atoms with Crippen LogP contribution in [0.3, 0.4) is 0 Å². The number of benzene rings is 3. The number of fused-ring (bicyclic) bond motifs is 2. The minimum atomic E-state index is 0.348. The average Bonchev–Trinajstić information content (AvgIpc) is 2.79. The highest BCUT2D eigenvalue weighted by Gasteiger charge is 2.16. The lowest BCUT2D eigenvalue weighted by molar-refractivity contribution is 0.400. The quantitative estimate of drug-likeness (QED) is 0.338. The standard InChI is InChI=1S/C24H18BrN5O/c1-31-24-19(6-4-12-27-24)29-20-14-21-23(13-17(20)26)30(16-10-8-15(25)9-11-16)22-7-3-2-5-18(22)28-21/h2-14,26,29H,1H3. The van der Waals surface area contributed by atoms with Crippen LogP contribution in [-0.4, -0.2) is 21.6 Å². The summed E-state index contributed by atoms with van der Waals surface area (Å²) in [4.78, 5) is 9.08. The van der Waals surface area contributed by atoms with Gasteiger partial charge < -0.3 is 14.6 Å². The first-order valence-corrected chi connectivity index (χ1v) is 10.5. The van der Waals surface area contributed by atoms with Crippen LogP contribution >= 0.6 is 15.9 Å². The van der Waals surface area contributed by atoms with E-state index in [0.717, 1.165) is 32.6 Å². The minimum absolute atomic E-state index is 0.348. The van der Waals surface area contributed by atoms with Crippen LogP contribution in [0.5, 0.6) is 5.88 Å². The second-order valence-corrected chi connectivity index (χ2v) is 7.90. The molecule has 5 rings (SSSR count). The molecule has 0 bridgehead atoms. The number of hydrogen-bond acceptors (Lipinski definition) is 5. The summed E-state index contributed by atoms with van der Waals surface area (Å²) in [7, 11) is 1.57. The highest BCUT2D eigenvalue weighted by molar-refractivity contribution is 9.10. The third kappa shape index (κ3) is 3.53. The summed E-state index contributed by atoms with van der Waals surface area (Å²) in [5.41, 5.74) is 5.81. The highest BCUT2D eigenvalue weighted by Crippen LogP contribution is 2.31. The van der Waals surface area contributed by atoms with Crippen molar-refractivity contribution in [1.29, 1.82) is 5.41 Å². The Morgan fingerprint density at radius 3 is 2.58 bits per heavy atom. The minimum Gasteiger partial charge on any atom is -0.480 e. The third-order valence-electron chi connectivity index (χ3n) is 5.04. The molecule has 6 nitrogen and oxygen atoms in total. The smallest absolute Gasteiger partial charge is 0.237 e. The fourth-order valence-electron chi connectivity index (χ4n) is 3.62. The van der Waals surface area contributed by atoms with Gasteiger partial charge in [-0.3, -0.25) is 5.41 Å². The van der Waals surface area contributed by atoms with Crippen LogP contribution in [0.1, 0.15) is 0 Å². The van der Waals surface area contributed by atoms with E-state index < -0.39 is 0 Å². The van der Waals surface area contributed by atoms with E-state index in [-0.39, 0.29) is 0 Å². The molecule has 0 fully saturated rings. The van der Waals surface area contributed by atoms with E-state index >= 15 is 0 Å². The van der Waals surface area contributed by atoms with Gasteiger partial charge in [-0.15, -0.1) is 0 Å². The van der Waals surface area contributed by atoms with Gasteiger partial charge in [-0.2, -0.15) is 0 Å². The average molecular weight is 472 g/mol. The highest BCUT2D eigenvalue weighted by atomic mass is 79.9. The summed E-state index contributed by atoms with van der Waals surface area (Å²) in [5, 5.41) is 12.3. The van der Waals surface area contributed by atoms with E-state index in [1.54, 1.807) is 13.3 Å². The SMILES string of the molecule is COc1ncccc1Nc1cc2nc3ccccc3n(-c3ccc(Br)cc3)c-2cc1=N. The number of methoxy groups -OCH3 is 1. The first-order chi connectivity index (χ1) is 15.1. The number of halogens is 1. The van der Waals surface area contributed by atoms with Gasteiger partial charge >= 0.3 is 0 Å². The molecule has 0 spiro atoms. The van der Waals surface area contributed by atoms with Gasteiger partial charge in [0, 0.05) is 16.4 Å². The van der Waals surface area contributed by atoms with Crippen LogP contribution < -0.4 is 15.4 Å². The van der Waals surface area contributed by atoms with Gasteiger partial charge in [0.25, 0.3) is 0 Å². The molecule has 2 aliphatic rings. The van der Waals surface area contributed by atoms with Crippen LogP contribution in [0.15, 0.2) is 83.5 Å². The molecular formula is C24H18BrN5O. The number of ether oxygens (including phenoxy) is 1. The van der Waals surface area contributed by atoms with E-state index in [2.05, 4.69) is 30.8 Å². The van der Waals surface area contributed by atoms with Crippen molar-refractivity contribution in [3.8, 4) is 23.0 Å². The molecule has 3 aromatic rings. The number of rotatable bonds is 4. The normalized spacial score (nSPS) is 11.0. The molecule has 0 saturated heterocycles. The number of anilines is 2. The maximum absolute atomic E-state index is 8.66. The van der Waals surface area contributed by atoms with Crippen LogP contribution in [0.2, 0.25) is 0 Å². The van der Waals surface area contributed by atoms with Gasteiger partial charge in [0.1, 0.15) is 5.69 Å². The summed E-state index contributed by atoms with van der Waals surface area (Å²) >= 11 is 3.51. The molecule has 7 heteroatoms. The number of aromatic nitrogens is 3. The van der Waals surface area contributed by atoms with Crippen molar-refractivity contribution in [2.45, 2.75) is 0 Å². The maximum Gasteiger partial charge on any atom is 0.237 e. The number of pyridine rings is 1. The van der Waals surface area contributed by atoms with E-state index in [4.69, 9.17) is 15.1 Å². The zero-order chi connectivity index (χ0) is 21.4. The van der Waals surface area contributed by atoms with Crippen molar-refractivity contribution in [3.63, 3.8) is 0 Å². The summed E-state index contributed by atoms with van der Waals surface area (Å²) in [6.45, 7) is 0. The summed E-state index contributed by atoms with van der Waals surface area (Å²) in [6, 6.07) is 23.5. The molecule has 1 aromatic heterocycles. The Hall–Kier alpha value is -3.71. The second kappa shape index (κ2) is 7.85. The topological polar surface area (TPSA) is 75.8 Å². The van der Waals surface area contributed by atoms with Crippen LogP contribution in [-0.2, 0) is 0 Å². The summed E-state index contributed by atoms with van der Waals surface area (Å²) in [5.74, 6) is 0.471. The second-order valence-electron chi connectivity index (χ2n) is 6.98. The largest absolute Gasteiger partial charge is 0.480 e. The first-order valence-electron chi connectivity index (χ1n) is 9.66. The van der Waals surface area contributed by atoms with Crippen molar-refractivity contribution in [3.05, 3.63) is 88.8 Å². The molecular weight excluding hydrogens is 454 g/mol. The summed E-state index contributed by atoms with van der Waals surface area (Å²) in [6.07, 6.45) is 1.67. The van der Waals surface area contributed by atoms with Crippen molar-refractivity contribution in [1.82, 2.24) is 14.5 Å². The van der Waals surface area contributed by atoms with Gasteiger partial charge in [-0.25, -0.2) is 9.97 Å². The first kappa shape index (κ1) is 19.3. The molecule has 0 radical (unpaired) electrons. The van der Waals surface area contributed by atoms with E-state index in [1.807, 2.05) is 72.8 Å². The van der Waals surface area contributed by atoms with Gasteiger partial charge in [0.15, 0.2) is 0 Å². The molecule has 0 unspecified atom stereocenters. The number of para-hydroxylation sites is 2. The van der Waals surface area contributed by atoms with E-state index in [1.165, 1.54) is 0 Å². The Kier molecular flexibility index (Phi) is 4.88. The molecule has 152 valence electrons. The number of nitrogens with zero attached hydrogens (tertiary/aromatic N) is 3. The zero-order valence-corrected chi connectivity index (χ0v) is 18.2. The molecule has 2 heterocycles. The lowest BCUT2D eigenvalue weighted by Gasteiger charge is -2.20. The fourth-order valence-corrected chi connectivity index (χ4v) is 3.88. The van der Waals surface area contributed by atoms with Gasteiger partial charge in [0.2, 0.25) is 5.88 Å². The molecule has 2 N–H and O–H groups in total.